The Morgan fingerprint density at radius 1 is 1.25 bits per heavy atom. The van der Waals surface area contributed by atoms with Crippen LogP contribution in [-0.4, -0.2) is 4.92 Å². The second kappa shape index (κ2) is 5.98. The van der Waals surface area contributed by atoms with Gasteiger partial charge in [-0.3, -0.25) is 10.1 Å². The third kappa shape index (κ3) is 3.12. The Bertz CT molecular complexity index is 662. The SMILES string of the molecule is Nc1c(COc2ccc(Cl)cc2Cl)cccc1[N+](=O)[O-]. The molecule has 0 saturated heterocycles. The molecular weight excluding hydrogens is 303 g/mol. The molecule has 20 heavy (non-hydrogen) atoms. The number of para-hydroxylation sites is 1. The Kier molecular flexibility index (Phi) is 4.32. The smallest absolute Gasteiger partial charge is 0.292 e. The second-order valence-corrected chi connectivity index (χ2v) is 4.81. The quantitative estimate of drug-likeness (QED) is 0.524. The van der Waals surface area contributed by atoms with Crippen molar-refractivity contribution in [3.05, 3.63) is 62.1 Å². The Balaban J connectivity index is 2.19. The van der Waals surface area contributed by atoms with Crippen molar-refractivity contribution in [1.29, 1.82) is 0 Å². The first-order valence-electron chi connectivity index (χ1n) is 5.58. The van der Waals surface area contributed by atoms with Gasteiger partial charge < -0.3 is 10.5 Å². The number of nitro groups is 1. The molecular formula is C13H10Cl2N2O3. The van der Waals surface area contributed by atoms with Crippen LogP contribution in [0.4, 0.5) is 11.4 Å². The van der Waals surface area contributed by atoms with E-state index in [1.165, 1.54) is 6.07 Å². The molecule has 2 aromatic rings. The topological polar surface area (TPSA) is 78.4 Å². The summed E-state index contributed by atoms with van der Waals surface area (Å²) in [5.74, 6) is 0.432. The largest absolute Gasteiger partial charge is 0.487 e. The van der Waals surface area contributed by atoms with Crippen LogP contribution in [0.25, 0.3) is 0 Å². The third-order valence-electron chi connectivity index (χ3n) is 2.65. The van der Waals surface area contributed by atoms with E-state index in [-0.39, 0.29) is 18.0 Å². The molecule has 0 atom stereocenters. The van der Waals surface area contributed by atoms with E-state index < -0.39 is 4.92 Å². The van der Waals surface area contributed by atoms with Crippen molar-refractivity contribution in [3.8, 4) is 5.75 Å². The summed E-state index contributed by atoms with van der Waals surface area (Å²) >= 11 is 11.7. The second-order valence-electron chi connectivity index (χ2n) is 3.97. The minimum absolute atomic E-state index is 0.0782. The van der Waals surface area contributed by atoms with Crippen LogP contribution in [0.2, 0.25) is 10.0 Å². The minimum Gasteiger partial charge on any atom is -0.487 e. The van der Waals surface area contributed by atoms with Crippen LogP contribution in [-0.2, 0) is 6.61 Å². The molecule has 2 rings (SSSR count). The molecule has 7 heteroatoms. The van der Waals surface area contributed by atoms with Crippen LogP contribution >= 0.6 is 23.2 Å². The molecule has 0 aliphatic carbocycles. The molecule has 104 valence electrons. The molecule has 2 N–H and O–H groups in total. The normalized spacial score (nSPS) is 10.3. The van der Waals surface area contributed by atoms with Gasteiger partial charge in [-0.15, -0.1) is 0 Å². The summed E-state index contributed by atoms with van der Waals surface area (Å²) in [6.07, 6.45) is 0. The highest BCUT2D eigenvalue weighted by Gasteiger charge is 2.14. The van der Waals surface area contributed by atoms with Gasteiger partial charge in [0.25, 0.3) is 5.69 Å². The maximum atomic E-state index is 10.8. The van der Waals surface area contributed by atoms with Crippen LogP contribution in [0.3, 0.4) is 0 Å². The fourth-order valence-electron chi connectivity index (χ4n) is 1.63. The lowest BCUT2D eigenvalue weighted by molar-refractivity contribution is -0.384. The van der Waals surface area contributed by atoms with Crippen LogP contribution < -0.4 is 10.5 Å². The number of nitrogen functional groups attached to an aromatic ring is 1. The van der Waals surface area contributed by atoms with Gasteiger partial charge in [0.1, 0.15) is 18.0 Å². The highest BCUT2D eigenvalue weighted by molar-refractivity contribution is 6.35. The van der Waals surface area contributed by atoms with E-state index in [4.69, 9.17) is 33.7 Å². The van der Waals surface area contributed by atoms with Gasteiger partial charge in [-0.1, -0.05) is 35.3 Å². The lowest BCUT2D eigenvalue weighted by Gasteiger charge is -2.10. The highest BCUT2D eigenvalue weighted by atomic mass is 35.5. The predicted molar refractivity (Wildman–Crippen MR) is 78.3 cm³/mol. The fraction of sp³-hybridized carbons (Fsp3) is 0.0769. The van der Waals surface area contributed by atoms with Crippen molar-refractivity contribution in [2.45, 2.75) is 6.61 Å². The number of anilines is 1. The average molecular weight is 313 g/mol. The summed E-state index contributed by atoms with van der Waals surface area (Å²) in [5, 5.41) is 11.6. The molecule has 0 heterocycles. The first kappa shape index (κ1) is 14.4. The molecule has 5 nitrogen and oxygen atoms in total. The number of nitrogens with zero attached hydrogens (tertiary/aromatic N) is 1. The van der Waals surface area contributed by atoms with Gasteiger partial charge in [0.05, 0.1) is 9.95 Å². The van der Waals surface area contributed by atoms with Gasteiger partial charge in [-0.2, -0.15) is 0 Å². The molecule has 0 aliphatic rings. The molecule has 0 radical (unpaired) electrons. The molecule has 0 fully saturated rings. The highest BCUT2D eigenvalue weighted by Crippen LogP contribution is 2.30. The monoisotopic (exact) mass is 312 g/mol. The van der Waals surface area contributed by atoms with Gasteiger partial charge in [0.15, 0.2) is 0 Å². The zero-order valence-corrected chi connectivity index (χ0v) is 11.7. The Hall–Kier alpha value is -1.98. The summed E-state index contributed by atoms with van der Waals surface area (Å²) < 4.78 is 5.50. The molecule has 2 aromatic carbocycles. The van der Waals surface area contributed by atoms with Crippen LogP contribution in [0.5, 0.6) is 5.75 Å². The van der Waals surface area contributed by atoms with Crippen molar-refractivity contribution in [2.24, 2.45) is 0 Å². The minimum atomic E-state index is -0.534. The van der Waals surface area contributed by atoms with Crippen LogP contribution in [0.1, 0.15) is 5.56 Å². The zero-order chi connectivity index (χ0) is 14.7. The van der Waals surface area contributed by atoms with E-state index in [0.29, 0.717) is 21.4 Å². The lowest BCUT2D eigenvalue weighted by atomic mass is 10.1. The molecule has 0 amide bonds. The number of rotatable bonds is 4. The van der Waals surface area contributed by atoms with Crippen molar-refractivity contribution in [2.75, 3.05) is 5.73 Å². The number of halogens is 2. The van der Waals surface area contributed by atoms with E-state index in [9.17, 15) is 10.1 Å². The van der Waals surface area contributed by atoms with Gasteiger partial charge in [-0.25, -0.2) is 0 Å². The first-order valence-corrected chi connectivity index (χ1v) is 6.34. The number of nitro benzene ring substituents is 1. The first-order chi connectivity index (χ1) is 9.49. The molecule has 0 unspecified atom stereocenters. The standard InChI is InChI=1S/C13H10Cl2N2O3/c14-9-4-5-12(10(15)6-9)20-7-8-2-1-3-11(13(8)16)17(18)19/h1-6H,7,16H2. The summed E-state index contributed by atoms with van der Waals surface area (Å²) in [7, 11) is 0. The number of hydrogen-bond acceptors (Lipinski definition) is 4. The number of benzene rings is 2. The van der Waals surface area contributed by atoms with Crippen molar-refractivity contribution < 1.29 is 9.66 Å². The van der Waals surface area contributed by atoms with Gasteiger partial charge >= 0.3 is 0 Å². The Labute approximate surface area is 125 Å². The van der Waals surface area contributed by atoms with E-state index in [2.05, 4.69) is 0 Å². The zero-order valence-electron chi connectivity index (χ0n) is 10.2. The Morgan fingerprint density at radius 2 is 2.00 bits per heavy atom. The summed E-state index contributed by atoms with van der Waals surface area (Å²) in [5.41, 5.74) is 6.19. The van der Waals surface area contributed by atoms with Crippen LogP contribution in [0.15, 0.2) is 36.4 Å². The molecule has 0 bridgehead atoms. The van der Waals surface area contributed by atoms with Gasteiger partial charge in [0, 0.05) is 16.7 Å². The predicted octanol–water partition coefficient (Wildman–Crippen LogP) is 4.06. The lowest BCUT2D eigenvalue weighted by Crippen LogP contribution is -2.03. The summed E-state index contributed by atoms with van der Waals surface area (Å²) in [4.78, 5) is 10.3. The van der Waals surface area contributed by atoms with Crippen molar-refractivity contribution in [3.63, 3.8) is 0 Å². The third-order valence-corrected chi connectivity index (χ3v) is 3.18. The fourth-order valence-corrected chi connectivity index (χ4v) is 2.10. The average Bonchev–Trinajstić information content (AvgIpc) is 2.39. The number of hydrogen-bond donors (Lipinski definition) is 1. The molecule has 0 aliphatic heterocycles. The summed E-state index contributed by atoms with van der Waals surface area (Å²) in [6, 6.07) is 9.37. The molecule has 0 aromatic heterocycles. The van der Waals surface area contributed by atoms with Crippen molar-refractivity contribution >= 4 is 34.6 Å². The molecule has 0 saturated carbocycles. The molecule has 0 spiro atoms. The van der Waals surface area contributed by atoms with Crippen molar-refractivity contribution in [1.82, 2.24) is 0 Å². The van der Waals surface area contributed by atoms with E-state index in [0.717, 1.165) is 0 Å². The van der Waals surface area contributed by atoms with E-state index in [1.54, 1.807) is 30.3 Å². The number of nitrogens with two attached hydrogens (primary N) is 1. The maximum absolute atomic E-state index is 10.8. The van der Waals surface area contributed by atoms with Crippen LogP contribution in [0, 0.1) is 10.1 Å². The van der Waals surface area contributed by atoms with E-state index >= 15 is 0 Å². The van der Waals surface area contributed by atoms with Gasteiger partial charge in [-0.05, 0) is 18.2 Å². The summed E-state index contributed by atoms with van der Waals surface area (Å²) in [6.45, 7) is 0.0782. The Morgan fingerprint density at radius 3 is 2.65 bits per heavy atom. The maximum Gasteiger partial charge on any atom is 0.292 e. The number of ether oxygens (including phenoxy) is 1. The van der Waals surface area contributed by atoms with E-state index in [1.807, 2.05) is 0 Å². The van der Waals surface area contributed by atoms with Gasteiger partial charge in [0.2, 0.25) is 0 Å².